The van der Waals surface area contributed by atoms with Crippen molar-refractivity contribution in [2.75, 3.05) is 31.4 Å². The van der Waals surface area contributed by atoms with Crippen LogP contribution in [0.2, 0.25) is 0 Å². The van der Waals surface area contributed by atoms with E-state index in [0.29, 0.717) is 30.7 Å². The SMILES string of the molecule is CCC(COC)Nc1ccc(N)c(OCC(C)C)n1. The van der Waals surface area contributed by atoms with Crippen LogP contribution in [0.3, 0.4) is 0 Å². The Morgan fingerprint density at radius 3 is 2.63 bits per heavy atom. The highest BCUT2D eigenvalue weighted by atomic mass is 16.5. The zero-order valence-corrected chi connectivity index (χ0v) is 12.3. The molecular formula is C14H25N3O2. The molecule has 1 aromatic heterocycles. The van der Waals surface area contributed by atoms with Gasteiger partial charge >= 0.3 is 0 Å². The van der Waals surface area contributed by atoms with Crippen molar-refractivity contribution in [3.05, 3.63) is 12.1 Å². The molecule has 108 valence electrons. The van der Waals surface area contributed by atoms with Gasteiger partial charge in [-0.25, -0.2) is 0 Å². The lowest BCUT2D eigenvalue weighted by atomic mass is 10.2. The maximum Gasteiger partial charge on any atom is 0.239 e. The molecule has 0 saturated heterocycles. The first-order chi connectivity index (χ1) is 9.06. The van der Waals surface area contributed by atoms with Crippen LogP contribution in [0.15, 0.2) is 12.1 Å². The van der Waals surface area contributed by atoms with Crippen LogP contribution in [0.5, 0.6) is 5.88 Å². The van der Waals surface area contributed by atoms with Gasteiger partial charge in [-0.2, -0.15) is 4.98 Å². The lowest BCUT2D eigenvalue weighted by Crippen LogP contribution is -2.24. The van der Waals surface area contributed by atoms with E-state index >= 15 is 0 Å². The summed E-state index contributed by atoms with van der Waals surface area (Å²) in [6.07, 6.45) is 0.960. The number of nitrogens with two attached hydrogens (primary N) is 1. The van der Waals surface area contributed by atoms with Crippen molar-refractivity contribution in [3.63, 3.8) is 0 Å². The van der Waals surface area contributed by atoms with E-state index in [1.54, 1.807) is 7.11 Å². The highest BCUT2D eigenvalue weighted by molar-refractivity contribution is 5.53. The first-order valence-corrected chi connectivity index (χ1v) is 6.71. The van der Waals surface area contributed by atoms with Crippen molar-refractivity contribution in [2.45, 2.75) is 33.2 Å². The molecule has 1 heterocycles. The molecule has 3 N–H and O–H groups in total. The quantitative estimate of drug-likeness (QED) is 0.757. The van der Waals surface area contributed by atoms with Crippen LogP contribution in [0.25, 0.3) is 0 Å². The minimum atomic E-state index is 0.235. The van der Waals surface area contributed by atoms with E-state index in [-0.39, 0.29) is 6.04 Å². The average Bonchev–Trinajstić information content (AvgIpc) is 2.38. The van der Waals surface area contributed by atoms with Gasteiger partial charge in [0.15, 0.2) is 0 Å². The number of aromatic nitrogens is 1. The van der Waals surface area contributed by atoms with Crippen molar-refractivity contribution >= 4 is 11.5 Å². The van der Waals surface area contributed by atoms with Crippen LogP contribution in [-0.4, -0.2) is 31.3 Å². The first kappa shape index (κ1) is 15.6. The predicted molar refractivity (Wildman–Crippen MR) is 78.6 cm³/mol. The van der Waals surface area contributed by atoms with Gasteiger partial charge in [-0.05, 0) is 24.5 Å². The molecule has 1 rings (SSSR count). The summed E-state index contributed by atoms with van der Waals surface area (Å²) in [4.78, 5) is 4.40. The summed E-state index contributed by atoms with van der Waals surface area (Å²) in [6.45, 7) is 7.53. The third kappa shape index (κ3) is 5.34. The number of nitrogens with zero attached hydrogens (tertiary/aromatic N) is 1. The number of pyridine rings is 1. The van der Waals surface area contributed by atoms with Gasteiger partial charge in [-0.15, -0.1) is 0 Å². The van der Waals surface area contributed by atoms with Gasteiger partial charge in [0.2, 0.25) is 5.88 Å². The number of anilines is 2. The Balaban J connectivity index is 2.71. The summed E-state index contributed by atoms with van der Waals surface area (Å²) in [6, 6.07) is 3.90. The van der Waals surface area contributed by atoms with Crippen molar-refractivity contribution < 1.29 is 9.47 Å². The molecule has 0 aromatic carbocycles. The lowest BCUT2D eigenvalue weighted by molar-refractivity contribution is 0.184. The normalized spacial score (nSPS) is 12.5. The van der Waals surface area contributed by atoms with Crippen molar-refractivity contribution in [1.29, 1.82) is 0 Å². The molecule has 0 spiro atoms. The van der Waals surface area contributed by atoms with Gasteiger partial charge in [0.1, 0.15) is 5.82 Å². The molecule has 1 aromatic rings. The fourth-order valence-electron chi connectivity index (χ4n) is 1.56. The van der Waals surface area contributed by atoms with Crippen LogP contribution < -0.4 is 15.8 Å². The fraction of sp³-hybridized carbons (Fsp3) is 0.643. The summed E-state index contributed by atoms with van der Waals surface area (Å²) in [5.74, 6) is 1.69. The van der Waals surface area contributed by atoms with Crippen LogP contribution in [-0.2, 0) is 4.74 Å². The van der Waals surface area contributed by atoms with E-state index in [4.69, 9.17) is 15.2 Å². The molecule has 0 amide bonds. The minimum absolute atomic E-state index is 0.235. The first-order valence-electron chi connectivity index (χ1n) is 6.71. The second-order valence-electron chi connectivity index (χ2n) is 5.00. The molecule has 0 radical (unpaired) electrons. The molecule has 0 fully saturated rings. The Hall–Kier alpha value is -1.49. The van der Waals surface area contributed by atoms with Gasteiger partial charge in [-0.3, -0.25) is 0 Å². The molecule has 5 heteroatoms. The fourth-order valence-corrected chi connectivity index (χ4v) is 1.56. The molecule has 0 bridgehead atoms. The van der Waals surface area contributed by atoms with Gasteiger partial charge in [0, 0.05) is 7.11 Å². The third-order valence-electron chi connectivity index (χ3n) is 2.66. The minimum Gasteiger partial charge on any atom is -0.476 e. The maximum absolute atomic E-state index is 5.86. The van der Waals surface area contributed by atoms with Crippen molar-refractivity contribution in [3.8, 4) is 5.88 Å². The third-order valence-corrected chi connectivity index (χ3v) is 2.66. The molecule has 0 aliphatic carbocycles. The van der Waals surface area contributed by atoms with Gasteiger partial charge in [0.05, 0.1) is 24.9 Å². The summed E-state index contributed by atoms with van der Waals surface area (Å²) < 4.78 is 10.8. The second-order valence-corrected chi connectivity index (χ2v) is 5.00. The zero-order chi connectivity index (χ0) is 14.3. The van der Waals surface area contributed by atoms with Gasteiger partial charge in [0.25, 0.3) is 0 Å². The standard InChI is InChI=1S/C14H25N3O2/c1-5-11(9-18-4)16-13-7-6-12(15)14(17-13)19-8-10(2)3/h6-7,10-11H,5,8-9,15H2,1-4H3,(H,16,17). The van der Waals surface area contributed by atoms with Crippen LogP contribution in [0, 0.1) is 5.92 Å². The average molecular weight is 267 g/mol. The number of nitrogens with one attached hydrogen (secondary N) is 1. The largest absolute Gasteiger partial charge is 0.476 e. The highest BCUT2D eigenvalue weighted by Gasteiger charge is 2.09. The van der Waals surface area contributed by atoms with E-state index in [1.165, 1.54) is 0 Å². The summed E-state index contributed by atoms with van der Waals surface area (Å²) in [5.41, 5.74) is 6.42. The van der Waals surface area contributed by atoms with E-state index in [1.807, 2.05) is 12.1 Å². The van der Waals surface area contributed by atoms with Crippen LogP contribution >= 0.6 is 0 Å². The molecule has 1 unspecified atom stereocenters. The number of hydrogen-bond acceptors (Lipinski definition) is 5. The summed E-state index contributed by atoms with van der Waals surface area (Å²) in [5, 5.41) is 3.31. The second kappa shape index (κ2) is 7.84. The van der Waals surface area contributed by atoms with Crippen LogP contribution in [0.1, 0.15) is 27.2 Å². The lowest BCUT2D eigenvalue weighted by Gasteiger charge is -2.18. The monoisotopic (exact) mass is 267 g/mol. The predicted octanol–water partition coefficient (Wildman–Crippen LogP) is 2.54. The van der Waals surface area contributed by atoms with E-state index in [2.05, 4.69) is 31.1 Å². The topological polar surface area (TPSA) is 69.4 Å². The number of methoxy groups -OCH3 is 1. The smallest absolute Gasteiger partial charge is 0.239 e. The molecule has 19 heavy (non-hydrogen) atoms. The van der Waals surface area contributed by atoms with E-state index in [0.717, 1.165) is 12.2 Å². The Kier molecular flexibility index (Phi) is 6.42. The number of ether oxygens (including phenoxy) is 2. The Bertz CT molecular complexity index is 383. The number of hydrogen-bond donors (Lipinski definition) is 2. The summed E-state index contributed by atoms with van der Waals surface area (Å²) >= 11 is 0. The van der Waals surface area contributed by atoms with E-state index in [9.17, 15) is 0 Å². The number of nitrogen functional groups attached to an aromatic ring is 1. The Morgan fingerprint density at radius 2 is 2.05 bits per heavy atom. The van der Waals surface area contributed by atoms with Gasteiger partial charge < -0.3 is 20.5 Å². The van der Waals surface area contributed by atoms with Crippen molar-refractivity contribution in [2.24, 2.45) is 5.92 Å². The summed E-state index contributed by atoms with van der Waals surface area (Å²) in [7, 11) is 1.69. The molecule has 5 nitrogen and oxygen atoms in total. The molecule has 0 saturated carbocycles. The molecule has 1 atom stereocenters. The highest BCUT2D eigenvalue weighted by Crippen LogP contribution is 2.22. The Labute approximate surface area is 115 Å². The van der Waals surface area contributed by atoms with Gasteiger partial charge in [-0.1, -0.05) is 20.8 Å². The Morgan fingerprint density at radius 1 is 1.32 bits per heavy atom. The van der Waals surface area contributed by atoms with E-state index < -0.39 is 0 Å². The zero-order valence-electron chi connectivity index (χ0n) is 12.3. The molecule has 0 aliphatic rings. The molecular weight excluding hydrogens is 242 g/mol. The van der Waals surface area contributed by atoms with Crippen LogP contribution in [0.4, 0.5) is 11.5 Å². The number of rotatable bonds is 8. The molecule has 0 aliphatic heterocycles. The van der Waals surface area contributed by atoms with Crippen molar-refractivity contribution in [1.82, 2.24) is 4.98 Å². The maximum atomic E-state index is 5.86.